The van der Waals surface area contributed by atoms with Crippen molar-refractivity contribution in [1.29, 1.82) is 0 Å². The van der Waals surface area contributed by atoms with Crippen molar-refractivity contribution in [3.05, 3.63) is 35.7 Å². The van der Waals surface area contributed by atoms with Crippen molar-refractivity contribution in [3.8, 4) is 11.4 Å². The van der Waals surface area contributed by atoms with Gasteiger partial charge in [-0.2, -0.15) is 18.2 Å². The third-order valence-electron chi connectivity index (χ3n) is 4.20. The summed E-state index contributed by atoms with van der Waals surface area (Å²) < 4.78 is 41.6. The zero-order valence-electron chi connectivity index (χ0n) is 14.5. The molecule has 1 aromatic carbocycles. The van der Waals surface area contributed by atoms with E-state index in [1.165, 1.54) is 43.5 Å². The molecule has 10 heteroatoms. The molecule has 1 N–H and O–H groups in total. The van der Waals surface area contributed by atoms with E-state index >= 15 is 0 Å². The lowest BCUT2D eigenvalue weighted by Crippen LogP contribution is -2.35. The summed E-state index contributed by atoms with van der Waals surface area (Å²) in [5.41, 5.74) is 2.96. The van der Waals surface area contributed by atoms with Gasteiger partial charge in [0.05, 0.1) is 6.61 Å². The number of hydroxylamine groups is 1. The van der Waals surface area contributed by atoms with E-state index in [-0.39, 0.29) is 5.82 Å². The van der Waals surface area contributed by atoms with Gasteiger partial charge >= 0.3 is 12.1 Å². The minimum absolute atomic E-state index is 0.202. The van der Waals surface area contributed by atoms with Crippen molar-refractivity contribution in [2.45, 2.75) is 25.4 Å². The number of benzene rings is 1. The van der Waals surface area contributed by atoms with Gasteiger partial charge in [-0.05, 0) is 38.1 Å². The summed E-state index contributed by atoms with van der Waals surface area (Å²) in [6.07, 6.45) is -1.07. The SMILES string of the molecule is O=C(NOCCN1CCCCC1)c1ccc(-c2noc(C(F)(F)F)n2)cc1. The fourth-order valence-electron chi connectivity index (χ4n) is 2.76. The first-order chi connectivity index (χ1) is 12.9. The molecule has 2 heterocycles. The van der Waals surface area contributed by atoms with Crippen molar-refractivity contribution < 1.29 is 27.3 Å². The maximum Gasteiger partial charge on any atom is 0.471 e. The summed E-state index contributed by atoms with van der Waals surface area (Å²) >= 11 is 0. The number of carbonyl (C=O) groups is 1. The van der Waals surface area contributed by atoms with Crippen LogP contribution < -0.4 is 5.48 Å². The number of rotatable bonds is 6. The zero-order chi connectivity index (χ0) is 19.3. The second-order valence-electron chi connectivity index (χ2n) is 6.18. The van der Waals surface area contributed by atoms with Gasteiger partial charge < -0.3 is 9.42 Å². The molecule has 146 valence electrons. The molecule has 1 aromatic heterocycles. The van der Waals surface area contributed by atoms with Crippen LogP contribution in [-0.4, -0.2) is 47.2 Å². The Morgan fingerprint density at radius 3 is 2.52 bits per heavy atom. The Bertz CT molecular complexity index is 756. The molecule has 1 aliphatic heterocycles. The highest BCUT2D eigenvalue weighted by atomic mass is 19.4. The molecule has 2 aromatic rings. The van der Waals surface area contributed by atoms with Crippen molar-refractivity contribution >= 4 is 5.91 Å². The number of aromatic nitrogens is 2. The first-order valence-corrected chi connectivity index (χ1v) is 8.59. The van der Waals surface area contributed by atoms with Gasteiger partial charge in [-0.25, -0.2) is 5.48 Å². The monoisotopic (exact) mass is 384 g/mol. The van der Waals surface area contributed by atoms with E-state index in [4.69, 9.17) is 4.84 Å². The van der Waals surface area contributed by atoms with Crippen molar-refractivity contribution in [2.24, 2.45) is 0 Å². The number of piperidine rings is 1. The Hall–Kier alpha value is -2.46. The van der Waals surface area contributed by atoms with E-state index in [9.17, 15) is 18.0 Å². The van der Waals surface area contributed by atoms with Crippen LogP contribution in [-0.2, 0) is 11.0 Å². The number of nitrogens with one attached hydrogen (secondary N) is 1. The quantitative estimate of drug-likeness (QED) is 0.609. The van der Waals surface area contributed by atoms with Crippen LogP contribution in [0.1, 0.15) is 35.5 Å². The predicted octanol–water partition coefficient (Wildman–Crippen LogP) is 2.90. The molecular weight excluding hydrogens is 365 g/mol. The topological polar surface area (TPSA) is 80.5 Å². The summed E-state index contributed by atoms with van der Waals surface area (Å²) in [4.78, 5) is 22.8. The molecule has 0 saturated carbocycles. The lowest BCUT2D eigenvalue weighted by atomic mass is 10.1. The highest BCUT2D eigenvalue weighted by Crippen LogP contribution is 2.29. The lowest BCUT2D eigenvalue weighted by Gasteiger charge is -2.25. The van der Waals surface area contributed by atoms with Crippen LogP contribution in [0.15, 0.2) is 28.8 Å². The predicted molar refractivity (Wildman–Crippen MR) is 88.4 cm³/mol. The van der Waals surface area contributed by atoms with Crippen LogP contribution in [0.4, 0.5) is 13.2 Å². The average molecular weight is 384 g/mol. The van der Waals surface area contributed by atoms with E-state index in [0.717, 1.165) is 19.6 Å². The molecule has 1 fully saturated rings. The van der Waals surface area contributed by atoms with Gasteiger partial charge in [0.1, 0.15) is 0 Å². The molecule has 0 radical (unpaired) electrons. The molecule has 0 unspecified atom stereocenters. The molecule has 0 bridgehead atoms. The number of halogens is 3. The molecule has 7 nitrogen and oxygen atoms in total. The van der Waals surface area contributed by atoms with Crippen LogP contribution in [0.5, 0.6) is 0 Å². The van der Waals surface area contributed by atoms with E-state index in [1.54, 1.807) is 0 Å². The Morgan fingerprint density at radius 1 is 1.19 bits per heavy atom. The fraction of sp³-hybridized carbons (Fsp3) is 0.471. The Balaban J connectivity index is 1.49. The highest BCUT2D eigenvalue weighted by molar-refractivity contribution is 5.93. The normalized spacial score (nSPS) is 15.7. The second kappa shape index (κ2) is 8.49. The Labute approximate surface area is 153 Å². The van der Waals surface area contributed by atoms with E-state index in [1.807, 2.05) is 0 Å². The van der Waals surface area contributed by atoms with Crippen molar-refractivity contribution in [1.82, 2.24) is 20.5 Å². The standard InChI is InChI=1S/C17H19F3N4O3/c18-17(19,20)16-21-14(22-27-16)12-4-6-13(7-5-12)15(25)23-26-11-10-24-8-2-1-3-9-24/h4-7H,1-3,8-11H2,(H,23,25). The van der Waals surface area contributed by atoms with E-state index in [0.29, 0.717) is 17.7 Å². The van der Waals surface area contributed by atoms with Gasteiger partial charge in [-0.15, -0.1) is 0 Å². The summed E-state index contributed by atoms with van der Waals surface area (Å²) in [7, 11) is 0. The van der Waals surface area contributed by atoms with Crippen molar-refractivity contribution in [3.63, 3.8) is 0 Å². The Morgan fingerprint density at radius 2 is 1.89 bits per heavy atom. The number of alkyl halides is 3. The summed E-state index contributed by atoms with van der Waals surface area (Å²) in [6, 6.07) is 5.77. The summed E-state index contributed by atoms with van der Waals surface area (Å²) in [5, 5.41) is 3.30. The summed E-state index contributed by atoms with van der Waals surface area (Å²) in [6.45, 7) is 3.22. The molecule has 0 atom stereocenters. The fourth-order valence-corrected chi connectivity index (χ4v) is 2.76. The minimum atomic E-state index is -4.70. The number of hydrogen-bond donors (Lipinski definition) is 1. The van der Waals surface area contributed by atoms with Crippen LogP contribution in [0.2, 0.25) is 0 Å². The van der Waals surface area contributed by atoms with E-state index in [2.05, 4.69) is 25.0 Å². The second-order valence-corrected chi connectivity index (χ2v) is 6.18. The molecule has 0 aliphatic carbocycles. The Kier molecular flexibility index (Phi) is 6.07. The third kappa shape index (κ3) is 5.27. The number of likely N-dealkylation sites (tertiary alicyclic amines) is 1. The minimum Gasteiger partial charge on any atom is -0.329 e. The van der Waals surface area contributed by atoms with Crippen molar-refractivity contribution in [2.75, 3.05) is 26.2 Å². The summed E-state index contributed by atoms with van der Waals surface area (Å²) in [5.74, 6) is -2.06. The average Bonchev–Trinajstić information content (AvgIpc) is 3.17. The van der Waals surface area contributed by atoms with Crippen LogP contribution in [0, 0.1) is 0 Å². The van der Waals surface area contributed by atoms with Gasteiger partial charge in [0.15, 0.2) is 0 Å². The first-order valence-electron chi connectivity index (χ1n) is 8.59. The van der Waals surface area contributed by atoms with Gasteiger partial charge in [-0.3, -0.25) is 9.63 Å². The number of nitrogens with zero attached hydrogens (tertiary/aromatic N) is 3. The van der Waals surface area contributed by atoms with Crippen LogP contribution in [0.25, 0.3) is 11.4 Å². The van der Waals surface area contributed by atoms with Gasteiger partial charge in [-0.1, -0.05) is 23.7 Å². The zero-order valence-corrected chi connectivity index (χ0v) is 14.5. The van der Waals surface area contributed by atoms with Crippen LogP contribution in [0.3, 0.4) is 0 Å². The third-order valence-corrected chi connectivity index (χ3v) is 4.20. The van der Waals surface area contributed by atoms with Gasteiger partial charge in [0, 0.05) is 17.7 Å². The molecule has 1 aliphatic rings. The first kappa shape index (κ1) is 19.3. The molecule has 27 heavy (non-hydrogen) atoms. The molecule has 0 spiro atoms. The highest BCUT2D eigenvalue weighted by Gasteiger charge is 2.38. The van der Waals surface area contributed by atoms with Crippen LogP contribution >= 0.6 is 0 Å². The lowest BCUT2D eigenvalue weighted by molar-refractivity contribution is -0.159. The van der Waals surface area contributed by atoms with Gasteiger partial charge in [0.2, 0.25) is 5.82 Å². The largest absolute Gasteiger partial charge is 0.471 e. The molecule has 3 rings (SSSR count). The maximum absolute atomic E-state index is 12.5. The maximum atomic E-state index is 12.5. The molecule has 1 amide bonds. The number of carbonyl (C=O) groups excluding carboxylic acids is 1. The number of hydrogen-bond acceptors (Lipinski definition) is 6. The van der Waals surface area contributed by atoms with Gasteiger partial charge in [0.25, 0.3) is 5.91 Å². The smallest absolute Gasteiger partial charge is 0.329 e. The molecular formula is C17H19F3N4O3. The number of amides is 1. The molecule has 1 saturated heterocycles. The van der Waals surface area contributed by atoms with E-state index < -0.39 is 18.0 Å².